The van der Waals surface area contributed by atoms with Gasteiger partial charge in [0.1, 0.15) is 5.82 Å². The smallest absolute Gasteiger partial charge is 0.146 e. The fourth-order valence-corrected chi connectivity index (χ4v) is 3.05. The van der Waals surface area contributed by atoms with Gasteiger partial charge in [-0.1, -0.05) is 19.1 Å². The first kappa shape index (κ1) is 15.3. The summed E-state index contributed by atoms with van der Waals surface area (Å²) in [5.74, 6) is -0.246. The van der Waals surface area contributed by atoms with Crippen molar-refractivity contribution in [3.8, 4) is 0 Å². The molecule has 1 heterocycles. The topological polar surface area (TPSA) is 26.7 Å². The van der Waals surface area contributed by atoms with E-state index in [0.29, 0.717) is 17.3 Å². The molecule has 20 heavy (non-hydrogen) atoms. The van der Waals surface area contributed by atoms with Gasteiger partial charge in [-0.25, -0.2) is 4.39 Å². The fraction of sp³-hybridized carbons (Fsp3) is 0.625. The molecule has 0 spiro atoms. The largest absolute Gasteiger partial charge is 0.389 e. The summed E-state index contributed by atoms with van der Waals surface area (Å²) in [4.78, 5) is 4.44. The Balaban J connectivity index is 2.19. The fourth-order valence-electron chi connectivity index (χ4n) is 3.05. The Hall–Kier alpha value is -1.13. The first-order valence-corrected chi connectivity index (χ1v) is 7.46. The van der Waals surface area contributed by atoms with Crippen molar-refractivity contribution in [2.75, 3.05) is 31.6 Å². The Bertz CT molecular complexity index is 442. The van der Waals surface area contributed by atoms with Crippen molar-refractivity contribution >= 4 is 5.69 Å². The molecule has 0 aromatic heterocycles. The lowest BCUT2D eigenvalue weighted by atomic mass is 10.00. The molecule has 0 amide bonds. The van der Waals surface area contributed by atoms with Crippen LogP contribution in [0.4, 0.5) is 10.1 Å². The molecule has 1 aliphatic heterocycles. The monoisotopic (exact) mass is 280 g/mol. The van der Waals surface area contributed by atoms with Gasteiger partial charge in [-0.05, 0) is 32.4 Å². The van der Waals surface area contributed by atoms with E-state index in [4.69, 9.17) is 0 Å². The van der Waals surface area contributed by atoms with E-state index in [9.17, 15) is 9.50 Å². The van der Waals surface area contributed by atoms with Crippen LogP contribution in [0.2, 0.25) is 0 Å². The number of aliphatic hydroxyl groups is 1. The van der Waals surface area contributed by atoms with Gasteiger partial charge in [-0.15, -0.1) is 0 Å². The number of aliphatic hydroxyl groups excluding tert-OH is 1. The van der Waals surface area contributed by atoms with Crippen LogP contribution < -0.4 is 4.90 Å². The minimum atomic E-state index is -0.654. The van der Waals surface area contributed by atoms with Gasteiger partial charge in [0.05, 0.1) is 11.8 Å². The summed E-state index contributed by atoms with van der Waals surface area (Å²) in [5.41, 5.74) is 1.22. The van der Waals surface area contributed by atoms with Crippen molar-refractivity contribution in [1.29, 1.82) is 0 Å². The van der Waals surface area contributed by atoms with Crippen molar-refractivity contribution in [3.05, 3.63) is 29.6 Å². The van der Waals surface area contributed by atoms with Gasteiger partial charge in [0.2, 0.25) is 0 Å². The second kappa shape index (κ2) is 6.55. The number of rotatable bonds is 4. The Kier molecular flexibility index (Phi) is 5.00. The number of likely N-dealkylation sites (tertiary alicyclic amines) is 1. The van der Waals surface area contributed by atoms with E-state index >= 15 is 0 Å². The molecule has 0 saturated carbocycles. The molecule has 1 aliphatic rings. The minimum Gasteiger partial charge on any atom is -0.389 e. The Morgan fingerprint density at radius 3 is 2.60 bits per heavy atom. The van der Waals surface area contributed by atoms with Crippen LogP contribution in [-0.2, 0) is 0 Å². The van der Waals surface area contributed by atoms with Crippen LogP contribution in [0.25, 0.3) is 0 Å². The lowest BCUT2D eigenvalue weighted by Gasteiger charge is -2.38. The van der Waals surface area contributed by atoms with Crippen LogP contribution in [0.3, 0.4) is 0 Å². The summed E-state index contributed by atoms with van der Waals surface area (Å²) in [7, 11) is 1.94. The van der Waals surface area contributed by atoms with E-state index in [1.807, 2.05) is 11.9 Å². The zero-order chi connectivity index (χ0) is 14.7. The number of anilines is 1. The first-order valence-electron chi connectivity index (χ1n) is 7.46. The molecule has 4 heteroatoms. The van der Waals surface area contributed by atoms with E-state index < -0.39 is 6.10 Å². The zero-order valence-corrected chi connectivity index (χ0v) is 12.6. The maximum atomic E-state index is 14.2. The van der Waals surface area contributed by atoms with Gasteiger partial charge in [-0.2, -0.15) is 0 Å². The second-order valence-electron chi connectivity index (χ2n) is 5.63. The second-order valence-corrected chi connectivity index (χ2v) is 5.63. The van der Waals surface area contributed by atoms with Crippen LogP contribution in [0, 0.1) is 5.82 Å². The van der Waals surface area contributed by atoms with Crippen LogP contribution >= 0.6 is 0 Å². The Morgan fingerprint density at radius 2 is 2.05 bits per heavy atom. The van der Waals surface area contributed by atoms with Gasteiger partial charge < -0.3 is 14.9 Å². The molecular formula is C16H25FN2O. The highest BCUT2D eigenvalue weighted by molar-refractivity contribution is 5.56. The molecule has 1 atom stereocenters. The lowest BCUT2D eigenvalue weighted by Crippen LogP contribution is -2.43. The standard InChI is InChI=1S/C16H25FN2O/c1-4-19-10-8-13(9-11-19)18(3)16-14(12(2)20)6-5-7-15(16)17/h5-7,12-13,20H,4,8-11H2,1-3H3/t12-/m1/s1. The van der Waals surface area contributed by atoms with E-state index in [1.165, 1.54) is 6.07 Å². The van der Waals surface area contributed by atoms with Crippen LogP contribution in [0.15, 0.2) is 18.2 Å². The SMILES string of the molecule is CCN1CCC(N(C)c2c(F)cccc2[C@@H](C)O)CC1. The molecule has 112 valence electrons. The molecule has 0 unspecified atom stereocenters. The molecule has 0 aliphatic carbocycles. The molecule has 0 bridgehead atoms. The van der Waals surface area contributed by atoms with Gasteiger partial charge in [-0.3, -0.25) is 0 Å². The first-order chi connectivity index (χ1) is 9.54. The average Bonchev–Trinajstić information content (AvgIpc) is 2.46. The molecule has 3 nitrogen and oxygen atoms in total. The molecular weight excluding hydrogens is 255 g/mol. The maximum Gasteiger partial charge on any atom is 0.146 e. The van der Waals surface area contributed by atoms with Crippen molar-refractivity contribution in [2.45, 2.75) is 38.8 Å². The van der Waals surface area contributed by atoms with Crippen molar-refractivity contribution in [3.63, 3.8) is 0 Å². The lowest BCUT2D eigenvalue weighted by molar-refractivity contribution is 0.197. The summed E-state index contributed by atoms with van der Waals surface area (Å²) in [5, 5.41) is 9.85. The number of hydrogen-bond acceptors (Lipinski definition) is 3. The number of para-hydroxylation sites is 1. The van der Waals surface area contributed by atoms with Crippen molar-refractivity contribution in [1.82, 2.24) is 4.90 Å². The van der Waals surface area contributed by atoms with Gasteiger partial charge in [0.15, 0.2) is 0 Å². The number of hydrogen-bond donors (Lipinski definition) is 1. The molecule has 2 rings (SSSR count). The summed E-state index contributed by atoms with van der Waals surface area (Å²) < 4.78 is 14.2. The van der Waals surface area contributed by atoms with Gasteiger partial charge in [0.25, 0.3) is 0 Å². The molecule has 1 fully saturated rings. The zero-order valence-electron chi connectivity index (χ0n) is 12.6. The average molecular weight is 280 g/mol. The summed E-state index contributed by atoms with van der Waals surface area (Å²) in [6.45, 7) is 7.06. The Labute approximate surface area is 121 Å². The van der Waals surface area contributed by atoms with E-state index in [0.717, 1.165) is 32.5 Å². The van der Waals surface area contributed by atoms with Gasteiger partial charge in [0, 0.05) is 31.7 Å². The van der Waals surface area contributed by atoms with E-state index in [2.05, 4.69) is 11.8 Å². The summed E-state index contributed by atoms with van der Waals surface area (Å²) in [6.07, 6.45) is 1.43. The number of halogens is 1. The minimum absolute atomic E-state index is 0.246. The number of nitrogens with zero attached hydrogens (tertiary/aromatic N) is 2. The quantitative estimate of drug-likeness (QED) is 0.918. The number of piperidine rings is 1. The predicted molar refractivity (Wildman–Crippen MR) is 80.6 cm³/mol. The van der Waals surface area contributed by atoms with Crippen LogP contribution in [0.5, 0.6) is 0 Å². The highest BCUT2D eigenvalue weighted by atomic mass is 19.1. The molecule has 1 N–H and O–H groups in total. The normalized spacial score (nSPS) is 19.1. The van der Waals surface area contributed by atoms with E-state index in [1.54, 1.807) is 19.1 Å². The van der Waals surface area contributed by atoms with Crippen LogP contribution in [0.1, 0.15) is 38.4 Å². The summed E-state index contributed by atoms with van der Waals surface area (Å²) in [6, 6.07) is 5.28. The maximum absolute atomic E-state index is 14.2. The third kappa shape index (κ3) is 3.13. The van der Waals surface area contributed by atoms with Crippen molar-refractivity contribution < 1.29 is 9.50 Å². The van der Waals surface area contributed by atoms with E-state index in [-0.39, 0.29) is 5.82 Å². The molecule has 1 aromatic carbocycles. The highest BCUT2D eigenvalue weighted by Crippen LogP contribution is 2.31. The highest BCUT2D eigenvalue weighted by Gasteiger charge is 2.25. The Morgan fingerprint density at radius 1 is 1.40 bits per heavy atom. The predicted octanol–water partition coefficient (Wildman–Crippen LogP) is 2.80. The van der Waals surface area contributed by atoms with Gasteiger partial charge >= 0.3 is 0 Å². The van der Waals surface area contributed by atoms with Crippen LogP contribution in [-0.4, -0.2) is 42.7 Å². The van der Waals surface area contributed by atoms with Crippen molar-refractivity contribution in [2.24, 2.45) is 0 Å². The molecule has 1 aromatic rings. The third-order valence-corrected chi connectivity index (χ3v) is 4.37. The molecule has 0 radical (unpaired) electrons. The molecule has 1 saturated heterocycles. The number of benzene rings is 1. The third-order valence-electron chi connectivity index (χ3n) is 4.37. The summed E-state index contributed by atoms with van der Waals surface area (Å²) >= 11 is 0.